The fraction of sp³-hybridized carbons (Fsp3) is 0.0625. The molecule has 4 nitrogen and oxygen atoms in total. The Morgan fingerprint density at radius 2 is 1.80 bits per heavy atom. The number of hydrogen-bond acceptors (Lipinski definition) is 4. The summed E-state index contributed by atoms with van der Waals surface area (Å²) in [4.78, 5) is 12.2. The third-order valence-electron chi connectivity index (χ3n) is 2.92. The molecule has 4 heteroatoms. The fourth-order valence-electron chi connectivity index (χ4n) is 1.92. The van der Waals surface area contributed by atoms with Gasteiger partial charge in [0, 0.05) is 11.1 Å². The zero-order valence-corrected chi connectivity index (χ0v) is 10.9. The van der Waals surface area contributed by atoms with E-state index in [0.717, 1.165) is 11.1 Å². The Morgan fingerprint density at radius 1 is 1.00 bits per heavy atom. The van der Waals surface area contributed by atoms with Crippen LogP contribution in [0.3, 0.4) is 0 Å². The Kier molecular flexibility index (Phi) is 3.13. The third-order valence-corrected chi connectivity index (χ3v) is 2.92. The first-order valence-corrected chi connectivity index (χ1v) is 6.24. The van der Waals surface area contributed by atoms with Crippen LogP contribution in [0.15, 0.2) is 59.0 Å². The highest BCUT2D eigenvalue weighted by atomic mass is 16.4. The van der Waals surface area contributed by atoms with E-state index in [2.05, 4.69) is 10.2 Å². The topological polar surface area (TPSA) is 56.0 Å². The van der Waals surface area contributed by atoms with E-state index >= 15 is 0 Å². The number of aromatic nitrogens is 2. The Balaban J connectivity index is 1.93. The lowest BCUT2D eigenvalue weighted by atomic mass is 10.1. The molecule has 98 valence electrons. The van der Waals surface area contributed by atoms with Crippen LogP contribution in [0, 0.1) is 6.92 Å². The van der Waals surface area contributed by atoms with Crippen LogP contribution >= 0.6 is 0 Å². The molecular formula is C16H12N2O2. The zero-order chi connectivity index (χ0) is 13.9. The van der Waals surface area contributed by atoms with E-state index in [-0.39, 0.29) is 11.7 Å². The summed E-state index contributed by atoms with van der Waals surface area (Å²) in [5.41, 5.74) is 2.36. The third kappa shape index (κ3) is 2.36. The van der Waals surface area contributed by atoms with Crippen molar-refractivity contribution in [1.29, 1.82) is 0 Å². The number of ketones is 1. The molecule has 0 saturated heterocycles. The molecule has 0 atom stereocenters. The average Bonchev–Trinajstić information content (AvgIpc) is 2.97. The molecule has 0 saturated carbocycles. The molecule has 1 heterocycles. The van der Waals surface area contributed by atoms with Crippen molar-refractivity contribution in [3.05, 3.63) is 71.6 Å². The molecule has 0 spiro atoms. The lowest BCUT2D eigenvalue weighted by Gasteiger charge is -1.97. The largest absolute Gasteiger partial charge is 0.413 e. The van der Waals surface area contributed by atoms with Gasteiger partial charge in [0.15, 0.2) is 0 Å². The van der Waals surface area contributed by atoms with E-state index < -0.39 is 0 Å². The summed E-state index contributed by atoms with van der Waals surface area (Å²) < 4.78 is 5.45. The minimum absolute atomic E-state index is 0.00875. The molecule has 3 rings (SSSR count). The van der Waals surface area contributed by atoms with E-state index in [1.165, 1.54) is 0 Å². The van der Waals surface area contributed by atoms with Crippen molar-refractivity contribution in [2.45, 2.75) is 6.92 Å². The lowest BCUT2D eigenvalue weighted by molar-refractivity contribution is 0.100. The number of aryl methyl sites for hydroxylation is 1. The molecule has 0 aliphatic rings. The van der Waals surface area contributed by atoms with Gasteiger partial charge >= 0.3 is 0 Å². The first-order valence-electron chi connectivity index (χ1n) is 6.24. The maximum absolute atomic E-state index is 12.2. The molecular weight excluding hydrogens is 252 g/mol. The summed E-state index contributed by atoms with van der Waals surface area (Å²) in [5, 5.41) is 7.75. The number of benzene rings is 2. The summed E-state index contributed by atoms with van der Waals surface area (Å²) in [5.74, 6) is 0.0967. The normalized spacial score (nSPS) is 10.4. The van der Waals surface area contributed by atoms with Crippen molar-refractivity contribution in [1.82, 2.24) is 10.2 Å². The van der Waals surface area contributed by atoms with Crippen LogP contribution in [-0.4, -0.2) is 16.0 Å². The second kappa shape index (κ2) is 5.09. The average molecular weight is 264 g/mol. The van der Waals surface area contributed by atoms with Gasteiger partial charge in [0.1, 0.15) is 0 Å². The van der Waals surface area contributed by atoms with Gasteiger partial charge in [-0.3, -0.25) is 4.79 Å². The molecule has 0 bridgehead atoms. The van der Waals surface area contributed by atoms with Gasteiger partial charge in [-0.05, 0) is 25.1 Å². The molecule has 3 aromatic rings. The van der Waals surface area contributed by atoms with Gasteiger partial charge in [0.2, 0.25) is 11.7 Å². The van der Waals surface area contributed by atoms with Crippen molar-refractivity contribution in [3.8, 4) is 11.5 Å². The molecule has 20 heavy (non-hydrogen) atoms. The predicted octanol–water partition coefficient (Wildman–Crippen LogP) is 3.28. The summed E-state index contributed by atoms with van der Waals surface area (Å²) in [7, 11) is 0. The minimum atomic E-state index is -0.261. The van der Waals surface area contributed by atoms with Crippen LogP contribution in [-0.2, 0) is 0 Å². The minimum Gasteiger partial charge on any atom is -0.413 e. The molecule has 2 aromatic carbocycles. The first-order chi connectivity index (χ1) is 9.74. The Morgan fingerprint density at radius 3 is 2.55 bits per heavy atom. The molecule has 0 aliphatic carbocycles. The van der Waals surface area contributed by atoms with Gasteiger partial charge in [-0.25, -0.2) is 0 Å². The number of carbonyl (C=O) groups excluding carboxylic acids is 1. The fourth-order valence-corrected chi connectivity index (χ4v) is 1.92. The Hall–Kier alpha value is -2.75. The standard InChI is InChI=1S/C16H12N2O2/c1-11-6-5-9-13(10-11)14(19)16-18-17-15(20-16)12-7-3-2-4-8-12/h2-10H,1H3. The summed E-state index contributed by atoms with van der Waals surface area (Å²) >= 11 is 0. The summed E-state index contributed by atoms with van der Waals surface area (Å²) in [6.07, 6.45) is 0. The van der Waals surface area contributed by atoms with E-state index in [1.807, 2.05) is 49.4 Å². The SMILES string of the molecule is Cc1cccc(C(=O)c2nnc(-c3ccccc3)o2)c1. The molecule has 0 radical (unpaired) electrons. The molecule has 0 N–H and O–H groups in total. The molecule has 0 aliphatic heterocycles. The van der Waals surface area contributed by atoms with Crippen molar-refractivity contribution in [2.75, 3.05) is 0 Å². The van der Waals surface area contributed by atoms with Crippen LogP contribution in [0.1, 0.15) is 21.8 Å². The van der Waals surface area contributed by atoms with Crippen molar-refractivity contribution in [2.24, 2.45) is 0 Å². The van der Waals surface area contributed by atoms with Crippen LogP contribution in [0.25, 0.3) is 11.5 Å². The van der Waals surface area contributed by atoms with Crippen LogP contribution in [0.4, 0.5) is 0 Å². The monoisotopic (exact) mass is 264 g/mol. The second-order valence-electron chi connectivity index (χ2n) is 4.48. The van der Waals surface area contributed by atoms with Crippen molar-refractivity contribution >= 4 is 5.78 Å². The maximum atomic E-state index is 12.2. The quantitative estimate of drug-likeness (QED) is 0.681. The molecule has 0 fully saturated rings. The highest BCUT2D eigenvalue weighted by molar-refractivity contribution is 6.06. The highest BCUT2D eigenvalue weighted by Gasteiger charge is 2.17. The number of carbonyl (C=O) groups is 1. The zero-order valence-electron chi connectivity index (χ0n) is 10.9. The first kappa shape index (κ1) is 12.3. The van der Waals surface area contributed by atoms with E-state index in [9.17, 15) is 4.79 Å². The van der Waals surface area contributed by atoms with Crippen molar-refractivity contribution in [3.63, 3.8) is 0 Å². The van der Waals surface area contributed by atoms with E-state index in [4.69, 9.17) is 4.42 Å². The van der Waals surface area contributed by atoms with Crippen LogP contribution in [0.2, 0.25) is 0 Å². The van der Waals surface area contributed by atoms with Gasteiger partial charge in [-0.1, -0.05) is 42.0 Å². The number of rotatable bonds is 3. The van der Waals surface area contributed by atoms with Crippen LogP contribution < -0.4 is 0 Å². The second-order valence-corrected chi connectivity index (χ2v) is 4.48. The smallest absolute Gasteiger partial charge is 0.289 e. The highest BCUT2D eigenvalue weighted by Crippen LogP contribution is 2.18. The Labute approximate surface area is 116 Å². The lowest BCUT2D eigenvalue weighted by Crippen LogP contribution is -2.01. The van der Waals surface area contributed by atoms with Crippen molar-refractivity contribution < 1.29 is 9.21 Å². The number of nitrogens with zero attached hydrogens (tertiary/aromatic N) is 2. The van der Waals surface area contributed by atoms with Gasteiger partial charge in [-0.15, -0.1) is 10.2 Å². The molecule has 1 aromatic heterocycles. The van der Waals surface area contributed by atoms with Gasteiger partial charge in [-0.2, -0.15) is 0 Å². The summed E-state index contributed by atoms with van der Waals surface area (Å²) in [6, 6.07) is 16.7. The Bertz CT molecular complexity index is 748. The van der Waals surface area contributed by atoms with Gasteiger partial charge < -0.3 is 4.42 Å². The number of hydrogen-bond donors (Lipinski definition) is 0. The maximum Gasteiger partial charge on any atom is 0.289 e. The van der Waals surface area contributed by atoms with Gasteiger partial charge in [0.25, 0.3) is 5.89 Å². The molecule has 0 amide bonds. The molecule has 0 unspecified atom stereocenters. The van der Waals surface area contributed by atoms with Crippen LogP contribution in [0.5, 0.6) is 0 Å². The predicted molar refractivity (Wildman–Crippen MR) is 74.3 cm³/mol. The van der Waals surface area contributed by atoms with E-state index in [1.54, 1.807) is 12.1 Å². The van der Waals surface area contributed by atoms with E-state index in [0.29, 0.717) is 11.5 Å². The summed E-state index contributed by atoms with van der Waals surface area (Å²) in [6.45, 7) is 1.93. The van der Waals surface area contributed by atoms with Gasteiger partial charge in [0.05, 0.1) is 0 Å².